The Morgan fingerprint density at radius 1 is 1.22 bits per heavy atom. The zero-order valence-electron chi connectivity index (χ0n) is 10.2. The Bertz CT molecular complexity index is 486. The quantitative estimate of drug-likeness (QED) is 0.569. The van der Waals surface area contributed by atoms with Crippen molar-refractivity contribution in [2.24, 2.45) is 0 Å². The lowest BCUT2D eigenvalue weighted by molar-refractivity contribution is 0.304. The fraction of sp³-hybridized carbons (Fsp3) is 0.500. The Labute approximate surface area is 117 Å². The van der Waals surface area contributed by atoms with Crippen molar-refractivity contribution in [2.45, 2.75) is 26.2 Å². The number of ether oxygens (including phenoxy) is 1. The normalized spacial score (nSPS) is 11.5. The van der Waals surface area contributed by atoms with Crippen LogP contribution in [0.25, 0.3) is 0 Å². The summed E-state index contributed by atoms with van der Waals surface area (Å²) in [7, 11) is 1.74. The van der Waals surface area contributed by atoms with Crippen LogP contribution in [0.2, 0.25) is 5.02 Å². The molecule has 1 aromatic rings. The summed E-state index contributed by atoms with van der Waals surface area (Å²) >= 11 is 5.87. The standard InChI is InChI=1S/C12H16Cl2O3S/c1-10-5-6-11(13)9-12(10)17-7-3-2-4-8-18(14,15)16/h5-6,9H,2-4,7-8H2,1H3. The van der Waals surface area contributed by atoms with Gasteiger partial charge < -0.3 is 4.74 Å². The largest absolute Gasteiger partial charge is 0.493 e. The van der Waals surface area contributed by atoms with Crippen LogP contribution in [0.3, 0.4) is 0 Å². The molecule has 0 radical (unpaired) electrons. The van der Waals surface area contributed by atoms with Gasteiger partial charge in [-0.1, -0.05) is 17.7 Å². The van der Waals surface area contributed by atoms with E-state index in [4.69, 9.17) is 27.0 Å². The SMILES string of the molecule is Cc1ccc(Cl)cc1OCCCCCS(=O)(=O)Cl. The highest BCUT2D eigenvalue weighted by Gasteiger charge is 2.04. The van der Waals surface area contributed by atoms with E-state index in [0.29, 0.717) is 18.1 Å². The van der Waals surface area contributed by atoms with Crippen LogP contribution in [-0.2, 0) is 9.05 Å². The Balaban J connectivity index is 2.24. The van der Waals surface area contributed by atoms with Gasteiger partial charge in [0.15, 0.2) is 0 Å². The maximum Gasteiger partial charge on any atom is 0.232 e. The molecule has 0 atom stereocenters. The average molecular weight is 311 g/mol. The number of unbranched alkanes of at least 4 members (excludes halogenated alkanes) is 2. The van der Waals surface area contributed by atoms with Crippen LogP contribution in [-0.4, -0.2) is 20.8 Å². The Morgan fingerprint density at radius 3 is 2.61 bits per heavy atom. The summed E-state index contributed by atoms with van der Waals surface area (Å²) in [6, 6.07) is 5.49. The molecule has 0 saturated carbocycles. The number of benzene rings is 1. The molecular formula is C12H16Cl2O3S. The van der Waals surface area contributed by atoms with Crippen LogP contribution in [0.5, 0.6) is 5.75 Å². The van der Waals surface area contributed by atoms with E-state index in [-0.39, 0.29) is 5.75 Å². The predicted molar refractivity (Wildman–Crippen MR) is 75.2 cm³/mol. The third-order valence-electron chi connectivity index (χ3n) is 2.44. The Morgan fingerprint density at radius 2 is 1.94 bits per heavy atom. The van der Waals surface area contributed by atoms with Crippen molar-refractivity contribution in [3.8, 4) is 5.75 Å². The van der Waals surface area contributed by atoms with E-state index in [1.807, 2.05) is 19.1 Å². The molecule has 0 aliphatic carbocycles. The van der Waals surface area contributed by atoms with Gasteiger partial charge in [0.05, 0.1) is 12.4 Å². The first-order chi connectivity index (χ1) is 8.38. The summed E-state index contributed by atoms with van der Waals surface area (Å²) in [5.41, 5.74) is 1.03. The van der Waals surface area contributed by atoms with Crippen molar-refractivity contribution in [2.75, 3.05) is 12.4 Å². The van der Waals surface area contributed by atoms with Crippen molar-refractivity contribution >= 4 is 31.3 Å². The van der Waals surface area contributed by atoms with Crippen molar-refractivity contribution in [3.05, 3.63) is 28.8 Å². The lowest BCUT2D eigenvalue weighted by Crippen LogP contribution is -2.01. The molecule has 0 N–H and O–H groups in total. The van der Waals surface area contributed by atoms with Crippen molar-refractivity contribution in [1.82, 2.24) is 0 Å². The molecular weight excluding hydrogens is 295 g/mol. The van der Waals surface area contributed by atoms with Crippen molar-refractivity contribution in [3.63, 3.8) is 0 Å². The molecule has 18 heavy (non-hydrogen) atoms. The minimum Gasteiger partial charge on any atom is -0.493 e. The van der Waals surface area contributed by atoms with Gasteiger partial charge in [0.2, 0.25) is 9.05 Å². The van der Waals surface area contributed by atoms with E-state index in [1.165, 1.54) is 0 Å². The van der Waals surface area contributed by atoms with E-state index in [9.17, 15) is 8.42 Å². The highest BCUT2D eigenvalue weighted by molar-refractivity contribution is 8.13. The lowest BCUT2D eigenvalue weighted by atomic mass is 10.2. The molecule has 0 aliphatic heterocycles. The summed E-state index contributed by atoms with van der Waals surface area (Å²) < 4.78 is 27.0. The summed E-state index contributed by atoms with van der Waals surface area (Å²) in [5.74, 6) is 0.789. The van der Waals surface area contributed by atoms with Gasteiger partial charge >= 0.3 is 0 Å². The number of hydrogen-bond donors (Lipinski definition) is 0. The molecule has 0 amide bonds. The summed E-state index contributed by atoms with van der Waals surface area (Å²) in [5, 5.41) is 0.642. The van der Waals surface area contributed by atoms with Gasteiger partial charge in [0.1, 0.15) is 5.75 Å². The molecule has 3 nitrogen and oxygen atoms in total. The first-order valence-corrected chi connectivity index (χ1v) is 8.55. The third-order valence-corrected chi connectivity index (χ3v) is 3.91. The number of halogens is 2. The van der Waals surface area contributed by atoms with Gasteiger partial charge in [-0.3, -0.25) is 0 Å². The molecule has 0 bridgehead atoms. The van der Waals surface area contributed by atoms with E-state index in [1.54, 1.807) is 6.07 Å². The highest BCUT2D eigenvalue weighted by Crippen LogP contribution is 2.22. The maximum atomic E-state index is 10.7. The summed E-state index contributed by atoms with van der Waals surface area (Å²) in [4.78, 5) is 0. The first-order valence-electron chi connectivity index (χ1n) is 5.70. The highest BCUT2D eigenvalue weighted by atomic mass is 35.7. The van der Waals surface area contributed by atoms with Gasteiger partial charge in [-0.25, -0.2) is 8.42 Å². The molecule has 1 rings (SSSR count). The van der Waals surface area contributed by atoms with E-state index < -0.39 is 9.05 Å². The van der Waals surface area contributed by atoms with Crippen LogP contribution in [0.15, 0.2) is 18.2 Å². The van der Waals surface area contributed by atoms with Gasteiger partial charge in [-0.15, -0.1) is 0 Å². The molecule has 0 fully saturated rings. The molecule has 0 aromatic heterocycles. The second-order valence-electron chi connectivity index (χ2n) is 4.06. The average Bonchev–Trinajstić information content (AvgIpc) is 2.26. The van der Waals surface area contributed by atoms with Gasteiger partial charge in [-0.05, 0) is 43.9 Å². The number of rotatable bonds is 7. The third kappa shape index (κ3) is 6.47. The fourth-order valence-corrected chi connectivity index (χ4v) is 2.50. The second-order valence-corrected chi connectivity index (χ2v) is 7.39. The topological polar surface area (TPSA) is 43.4 Å². The first kappa shape index (κ1) is 15.6. The van der Waals surface area contributed by atoms with Crippen LogP contribution in [0, 0.1) is 6.92 Å². The Kier molecular flexibility index (Phi) is 6.26. The van der Waals surface area contributed by atoms with Crippen molar-refractivity contribution < 1.29 is 13.2 Å². The Hall–Kier alpha value is -0.450. The minimum atomic E-state index is -3.36. The molecule has 0 aliphatic rings. The second kappa shape index (κ2) is 7.22. The summed E-state index contributed by atoms with van der Waals surface area (Å²) in [6.07, 6.45) is 2.12. The van der Waals surface area contributed by atoms with Crippen LogP contribution >= 0.6 is 22.3 Å². The monoisotopic (exact) mass is 310 g/mol. The van der Waals surface area contributed by atoms with E-state index >= 15 is 0 Å². The van der Waals surface area contributed by atoms with Gasteiger partial charge in [0.25, 0.3) is 0 Å². The fourth-order valence-electron chi connectivity index (χ4n) is 1.46. The molecule has 0 heterocycles. The van der Waals surface area contributed by atoms with E-state index in [2.05, 4.69) is 0 Å². The predicted octanol–water partition coefficient (Wildman–Crippen LogP) is 3.77. The maximum absolute atomic E-state index is 10.7. The van der Waals surface area contributed by atoms with Crippen LogP contribution in [0.4, 0.5) is 0 Å². The van der Waals surface area contributed by atoms with Gasteiger partial charge in [-0.2, -0.15) is 0 Å². The van der Waals surface area contributed by atoms with Crippen molar-refractivity contribution in [1.29, 1.82) is 0 Å². The lowest BCUT2D eigenvalue weighted by Gasteiger charge is -2.09. The molecule has 0 unspecified atom stereocenters. The molecule has 0 spiro atoms. The molecule has 6 heteroatoms. The number of aryl methyl sites for hydroxylation is 1. The summed E-state index contributed by atoms with van der Waals surface area (Å²) in [6.45, 7) is 2.50. The van der Waals surface area contributed by atoms with Gasteiger partial charge in [0, 0.05) is 15.7 Å². The number of hydrogen-bond acceptors (Lipinski definition) is 3. The van der Waals surface area contributed by atoms with Crippen LogP contribution < -0.4 is 4.74 Å². The minimum absolute atomic E-state index is 0.0186. The molecule has 0 saturated heterocycles. The molecule has 102 valence electrons. The zero-order chi connectivity index (χ0) is 13.6. The zero-order valence-corrected chi connectivity index (χ0v) is 12.5. The van der Waals surface area contributed by atoms with Crippen LogP contribution in [0.1, 0.15) is 24.8 Å². The smallest absolute Gasteiger partial charge is 0.232 e. The van der Waals surface area contributed by atoms with E-state index in [0.717, 1.165) is 24.2 Å². The molecule has 1 aromatic carbocycles.